The maximum absolute atomic E-state index is 12.7. The Labute approximate surface area is 150 Å². The van der Waals surface area contributed by atoms with Gasteiger partial charge in [0.15, 0.2) is 5.43 Å². The fraction of sp³-hybridized carbons (Fsp3) is 0.238. The minimum atomic E-state index is -0.773. The highest BCUT2D eigenvalue weighted by atomic mass is 16.5. The van der Waals surface area contributed by atoms with Gasteiger partial charge in [-0.05, 0) is 37.0 Å². The second-order valence-corrected chi connectivity index (χ2v) is 6.06. The fourth-order valence-corrected chi connectivity index (χ4v) is 2.76. The number of fused-ring (bicyclic) bond motifs is 1. The molecule has 0 aliphatic rings. The highest BCUT2D eigenvalue weighted by Crippen LogP contribution is 2.23. The van der Waals surface area contributed by atoms with Gasteiger partial charge < -0.3 is 14.3 Å². The predicted octanol–water partition coefficient (Wildman–Crippen LogP) is 4.48. The quantitative estimate of drug-likeness (QED) is 0.605. The molecule has 0 amide bonds. The summed E-state index contributed by atoms with van der Waals surface area (Å²) in [5, 5.41) is 9.11. The first-order valence-electron chi connectivity index (χ1n) is 8.61. The summed E-state index contributed by atoms with van der Waals surface area (Å²) in [6.07, 6.45) is 3.89. The van der Waals surface area contributed by atoms with Crippen LogP contribution in [0.15, 0.2) is 64.0 Å². The summed E-state index contributed by atoms with van der Waals surface area (Å²) in [6, 6.07) is 14.6. The summed E-state index contributed by atoms with van der Waals surface area (Å²) in [7, 11) is 0. The Kier molecular flexibility index (Phi) is 5.69. The lowest BCUT2D eigenvalue weighted by molar-refractivity contribution is -0.137. The first-order chi connectivity index (χ1) is 12.6. The third-order valence-corrected chi connectivity index (χ3v) is 4.13. The van der Waals surface area contributed by atoms with E-state index in [1.165, 1.54) is 6.26 Å². The van der Waals surface area contributed by atoms with Gasteiger partial charge in [0.2, 0.25) is 0 Å². The highest BCUT2D eigenvalue weighted by molar-refractivity contribution is 5.82. The van der Waals surface area contributed by atoms with E-state index < -0.39 is 5.97 Å². The summed E-state index contributed by atoms with van der Waals surface area (Å²) in [6.45, 7) is 0.497. The van der Waals surface area contributed by atoms with Crippen molar-refractivity contribution in [2.24, 2.45) is 0 Å². The Bertz CT molecular complexity index is 944. The van der Waals surface area contributed by atoms with Crippen molar-refractivity contribution in [2.45, 2.75) is 25.7 Å². The van der Waals surface area contributed by atoms with Crippen molar-refractivity contribution < 1.29 is 19.1 Å². The summed E-state index contributed by atoms with van der Waals surface area (Å²) < 4.78 is 11.3. The zero-order chi connectivity index (χ0) is 18.4. The molecule has 3 aromatic rings. The topological polar surface area (TPSA) is 76.7 Å². The Balaban J connectivity index is 1.68. The van der Waals surface area contributed by atoms with Gasteiger partial charge in [0.25, 0.3) is 0 Å². The molecule has 2 aromatic carbocycles. The second kappa shape index (κ2) is 8.34. The lowest BCUT2D eigenvalue weighted by Gasteiger charge is -2.07. The van der Waals surface area contributed by atoms with Crippen molar-refractivity contribution in [2.75, 3.05) is 6.61 Å². The number of carbonyl (C=O) groups is 1. The average Bonchev–Trinajstić information content (AvgIpc) is 2.65. The van der Waals surface area contributed by atoms with Crippen molar-refractivity contribution >= 4 is 16.9 Å². The third kappa shape index (κ3) is 4.30. The van der Waals surface area contributed by atoms with Crippen LogP contribution >= 0.6 is 0 Å². The largest absolute Gasteiger partial charge is 0.493 e. The molecule has 0 aliphatic heterocycles. The standard InChI is InChI=1S/C21H20O5/c22-20(23)9-5-2-6-12-25-16-10-11-17-19(13-16)26-14-18(21(17)24)15-7-3-1-4-8-15/h1,3-4,7-8,10-11,13-14H,2,5-6,9,12H2,(H,22,23). The molecule has 1 heterocycles. The molecule has 5 nitrogen and oxygen atoms in total. The van der Waals surface area contributed by atoms with Crippen molar-refractivity contribution in [1.29, 1.82) is 0 Å². The van der Waals surface area contributed by atoms with Gasteiger partial charge in [-0.25, -0.2) is 0 Å². The number of unbranched alkanes of at least 4 members (excludes halogenated alkanes) is 2. The van der Waals surface area contributed by atoms with E-state index in [2.05, 4.69) is 0 Å². The number of hydrogen-bond donors (Lipinski definition) is 1. The minimum absolute atomic E-state index is 0.0716. The number of aliphatic carboxylic acids is 1. The van der Waals surface area contributed by atoms with Gasteiger partial charge in [-0.2, -0.15) is 0 Å². The normalized spacial score (nSPS) is 10.8. The third-order valence-electron chi connectivity index (χ3n) is 4.13. The van der Waals surface area contributed by atoms with E-state index in [0.717, 1.165) is 18.4 Å². The molecule has 0 saturated carbocycles. The minimum Gasteiger partial charge on any atom is -0.493 e. The number of hydrogen-bond acceptors (Lipinski definition) is 4. The molecule has 1 N–H and O–H groups in total. The van der Waals surface area contributed by atoms with Gasteiger partial charge in [0.05, 0.1) is 17.6 Å². The summed E-state index contributed by atoms with van der Waals surface area (Å²) in [4.78, 5) is 23.1. The number of carboxylic acids is 1. The van der Waals surface area contributed by atoms with Crippen molar-refractivity contribution in [3.63, 3.8) is 0 Å². The van der Waals surface area contributed by atoms with E-state index in [0.29, 0.717) is 35.3 Å². The van der Waals surface area contributed by atoms with E-state index >= 15 is 0 Å². The maximum Gasteiger partial charge on any atom is 0.303 e. The molecular weight excluding hydrogens is 332 g/mol. The molecule has 3 rings (SSSR count). The lowest BCUT2D eigenvalue weighted by Crippen LogP contribution is -2.05. The number of ether oxygens (including phenoxy) is 1. The maximum atomic E-state index is 12.7. The van der Waals surface area contributed by atoms with Crippen LogP contribution in [0.25, 0.3) is 22.1 Å². The molecule has 134 valence electrons. The van der Waals surface area contributed by atoms with Crippen LogP contribution < -0.4 is 10.2 Å². The van der Waals surface area contributed by atoms with Crippen molar-refractivity contribution in [3.05, 3.63) is 65.0 Å². The molecule has 0 bridgehead atoms. The molecule has 0 fully saturated rings. The monoisotopic (exact) mass is 352 g/mol. The summed E-state index contributed by atoms with van der Waals surface area (Å²) >= 11 is 0. The molecule has 0 unspecified atom stereocenters. The fourth-order valence-electron chi connectivity index (χ4n) is 2.76. The first kappa shape index (κ1) is 17.7. The van der Waals surface area contributed by atoms with Gasteiger partial charge in [-0.15, -0.1) is 0 Å². The van der Waals surface area contributed by atoms with E-state index in [1.807, 2.05) is 30.3 Å². The molecule has 1 aromatic heterocycles. The van der Waals surface area contributed by atoms with Crippen LogP contribution in [0.2, 0.25) is 0 Å². The van der Waals surface area contributed by atoms with Gasteiger partial charge >= 0.3 is 5.97 Å². The molecule has 0 spiro atoms. The van der Waals surface area contributed by atoms with E-state index in [1.54, 1.807) is 18.2 Å². The van der Waals surface area contributed by atoms with Crippen LogP contribution in [0.3, 0.4) is 0 Å². The molecule has 0 saturated heterocycles. The van der Waals surface area contributed by atoms with E-state index in [-0.39, 0.29) is 11.8 Å². The van der Waals surface area contributed by atoms with Gasteiger partial charge in [0, 0.05) is 12.5 Å². The van der Waals surface area contributed by atoms with Gasteiger partial charge in [-0.3, -0.25) is 9.59 Å². The molecule has 0 radical (unpaired) electrons. The second-order valence-electron chi connectivity index (χ2n) is 6.06. The van der Waals surface area contributed by atoms with Gasteiger partial charge in [-0.1, -0.05) is 30.3 Å². The number of rotatable bonds is 8. The van der Waals surface area contributed by atoms with Crippen LogP contribution in [-0.2, 0) is 4.79 Å². The molecule has 0 aliphatic carbocycles. The van der Waals surface area contributed by atoms with Gasteiger partial charge in [0.1, 0.15) is 17.6 Å². The SMILES string of the molecule is O=C(O)CCCCCOc1ccc2c(=O)c(-c3ccccc3)coc2c1. The van der Waals surface area contributed by atoms with Crippen molar-refractivity contribution in [1.82, 2.24) is 0 Å². The van der Waals surface area contributed by atoms with Crippen LogP contribution in [0.4, 0.5) is 0 Å². The highest BCUT2D eigenvalue weighted by Gasteiger charge is 2.09. The van der Waals surface area contributed by atoms with Crippen LogP contribution in [0, 0.1) is 0 Å². The zero-order valence-corrected chi connectivity index (χ0v) is 14.3. The van der Waals surface area contributed by atoms with Crippen LogP contribution in [0.1, 0.15) is 25.7 Å². The Morgan fingerprint density at radius 2 is 1.85 bits per heavy atom. The Hall–Kier alpha value is -3.08. The Morgan fingerprint density at radius 3 is 2.62 bits per heavy atom. The molecule has 0 atom stereocenters. The average molecular weight is 352 g/mol. The smallest absolute Gasteiger partial charge is 0.303 e. The van der Waals surface area contributed by atoms with Crippen LogP contribution in [0.5, 0.6) is 5.75 Å². The summed E-state index contributed by atoms with van der Waals surface area (Å²) in [5.74, 6) is -0.142. The molecular formula is C21H20O5. The lowest BCUT2D eigenvalue weighted by atomic mass is 10.1. The molecule has 26 heavy (non-hydrogen) atoms. The van der Waals surface area contributed by atoms with E-state index in [9.17, 15) is 9.59 Å². The zero-order valence-electron chi connectivity index (χ0n) is 14.3. The van der Waals surface area contributed by atoms with Crippen LogP contribution in [-0.4, -0.2) is 17.7 Å². The number of carboxylic acid groups (broad SMARTS) is 1. The summed E-state index contributed by atoms with van der Waals surface area (Å²) in [5.41, 5.74) is 1.77. The first-order valence-corrected chi connectivity index (χ1v) is 8.61. The van der Waals surface area contributed by atoms with E-state index in [4.69, 9.17) is 14.3 Å². The van der Waals surface area contributed by atoms with Crippen molar-refractivity contribution in [3.8, 4) is 16.9 Å². The predicted molar refractivity (Wildman–Crippen MR) is 99.5 cm³/mol. The molecule has 5 heteroatoms. The Morgan fingerprint density at radius 1 is 1.04 bits per heavy atom. The number of benzene rings is 2.